The molecule has 1 heteroatoms. The van der Waals surface area contributed by atoms with E-state index in [1.54, 1.807) is 0 Å². The van der Waals surface area contributed by atoms with Crippen LogP contribution in [0.5, 0.6) is 0 Å². The largest absolute Gasteiger partial charge is 0.192 e. The van der Waals surface area contributed by atoms with Gasteiger partial charge in [0.2, 0.25) is 0 Å². The van der Waals surface area contributed by atoms with Crippen molar-refractivity contribution in [1.82, 2.24) is 0 Å². The van der Waals surface area contributed by atoms with Crippen LogP contribution in [0.1, 0.15) is 31.9 Å². The first-order chi connectivity index (χ1) is 6.60. The van der Waals surface area contributed by atoms with E-state index in [1.165, 1.54) is 11.1 Å². The van der Waals surface area contributed by atoms with E-state index in [0.29, 0.717) is 0 Å². The molecule has 14 heavy (non-hydrogen) atoms. The number of allylic oxidation sites excluding steroid dienone is 1. The Morgan fingerprint density at radius 3 is 2.00 bits per heavy atom. The van der Waals surface area contributed by atoms with Gasteiger partial charge in [-0.2, -0.15) is 5.26 Å². The molecule has 0 heterocycles. The summed E-state index contributed by atoms with van der Waals surface area (Å²) in [6.07, 6.45) is 1.03. The number of rotatable bonds is 1. The fourth-order valence-electron chi connectivity index (χ4n) is 0.815. The Kier molecular flexibility index (Phi) is 6.15. The summed E-state index contributed by atoms with van der Waals surface area (Å²) >= 11 is 0. The van der Waals surface area contributed by atoms with Crippen LogP contribution in [-0.4, -0.2) is 0 Å². The minimum atomic E-state index is 0.734. The van der Waals surface area contributed by atoms with Crippen LogP contribution >= 0.6 is 0 Å². The second-order valence-electron chi connectivity index (χ2n) is 3.37. The molecule has 0 aromatic heterocycles. The van der Waals surface area contributed by atoms with Crippen LogP contribution in [0.25, 0.3) is 0 Å². The average molecular weight is 187 g/mol. The van der Waals surface area contributed by atoms with Crippen molar-refractivity contribution in [2.75, 3.05) is 0 Å². The van der Waals surface area contributed by atoms with E-state index in [0.717, 1.165) is 12.0 Å². The summed E-state index contributed by atoms with van der Waals surface area (Å²) in [6.45, 7) is 9.60. The van der Waals surface area contributed by atoms with Crippen molar-refractivity contribution in [2.45, 2.75) is 27.2 Å². The van der Waals surface area contributed by atoms with Gasteiger partial charge in [0.15, 0.2) is 0 Å². The molecule has 1 aromatic carbocycles. The summed E-state index contributed by atoms with van der Waals surface area (Å²) in [5.74, 6) is 0. The van der Waals surface area contributed by atoms with Gasteiger partial charge < -0.3 is 0 Å². The molecule has 0 aliphatic heterocycles. The first kappa shape index (κ1) is 12.4. The van der Waals surface area contributed by atoms with Gasteiger partial charge in [0.1, 0.15) is 0 Å². The lowest BCUT2D eigenvalue weighted by molar-refractivity contribution is 1.14. The van der Waals surface area contributed by atoms with Gasteiger partial charge in [0, 0.05) is 0 Å². The molecule has 0 fully saturated rings. The van der Waals surface area contributed by atoms with Gasteiger partial charge >= 0.3 is 0 Å². The van der Waals surface area contributed by atoms with Crippen molar-refractivity contribution in [3.05, 3.63) is 47.5 Å². The third kappa shape index (κ3) is 6.02. The van der Waals surface area contributed by atoms with E-state index >= 15 is 0 Å². The molecule has 0 aliphatic carbocycles. The topological polar surface area (TPSA) is 23.8 Å². The van der Waals surface area contributed by atoms with Crippen molar-refractivity contribution in [3.63, 3.8) is 0 Å². The molecule has 0 bridgehead atoms. The molecule has 0 amide bonds. The summed E-state index contributed by atoms with van der Waals surface area (Å²) in [6, 6.07) is 9.74. The maximum Gasteiger partial charge on any atom is 0.0991 e. The maximum atomic E-state index is 8.45. The standard InChI is InChI=1S/C9H9N.C4H8/c1-2-8-3-5-9(7-10)6-4-8;1-4(2)3/h3-6H,2H2,1H3;1H2,2-3H3. The Morgan fingerprint density at radius 2 is 1.71 bits per heavy atom. The Morgan fingerprint density at radius 1 is 1.29 bits per heavy atom. The second kappa shape index (κ2) is 6.91. The zero-order chi connectivity index (χ0) is 11.0. The lowest BCUT2D eigenvalue weighted by atomic mass is 10.1. The molecule has 1 aromatic rings. The van der Waals surface area contributed by atoms with E-state index < -0.39 is 0 Å². The van der Waals surface area contributed by atoms with Crippen LogP contribution in [0.15, 0.2) is 36.4 Å². The summed E-state index contributed by atoms with van der Waals surface area (Å²) in [7, 11) is 0. The number of nitriles is 1. The fraction of sp³-hybridized carbons (Fsp3) is 0.308. The van der Waals surface area contributed by atoms with Crippen molar-refractivity contribution in [2.24, 2.45) is 0 Å². The van der Waals surface area contributed by atoms with E-state index in [1.807, 2.05) is 38.1 Å². The van der Waals surface area contributed by atoms with Gasteiger partial charge in [-0.1, -0.05) is 24.6 Å². The molecule has 1 rings (SSSR count). The highest BCUT2D eigenvalue weighted by Gasteiger charge is 1.88. The fourth-order valence-corrected chi connectivity index (χ4v) is 0.815. The van der Waals surface area contributed by atoms with Gasteiger partial charge in [-0.15, -0.1) is 6.58 Å². The first-order valence-electron chi connectivity index (χ1n) is 4.71. The lowest BCUT2D eigenvalue weighted by Crippen LogP contribution is -1.78. The van der Waals surface area contributed by atoms with E-state index in [9.17, 15) is 0 Å². The zero-order valence-electron chi connectivity index (χ0n) is 9.17. The van der Waals surface area contributed by atoms with E-state index in [2.05, 4.69) is 19.6 Å². The van der Waals surface area contributed by atoms with Crippen molar-refractivity contribution in [1.29, 1.82) is 5.26 Å². The molecule has 0 unspecified atom stereocenters. The summed E-state index contributed by atoms with van der Waals surface area (Å²) < 4.78 is 0. The highest BCUT2D eigenvalue weighted by atomic mass is 14.2. The summed E-state index contributed by atoms with van der Waals surface area (Å²) in [4.78, 5) is 0. The monoisotopic (exact) mass is 187 g/mol. The molecule has 0 spiro atoms. The minimum absolute atomic E-state index is 0.734. The molecule has 0 aliphatic rings. The zero-order valence-corrected chi connectivity index (χ0v) is 9.17. The van der Waals surface area contributed by atoms with E-state index in [4.69, 9.17) is 5.26 Å². The van der Waals surface area contributed by atoms with Gasteiger partial charge in [-0.3, -0.25) is 0 Å². The summed E-state index contributed by atoms with van der Waals surface area (Å²) in [5.41, 5.74) is 3.18. The number of hydrogen-bond donors (Lipinski definition) is 0. The molecular formula is C13H17N. The predicted molar refractivity (Wildman–Crippen MR) is 61.0 cm³/mol. The Hall–Kier alpha value is -1.55. The second-order valence-corrected chi connectivity index (χ2v) is 3.37. The van der Waals surface area contributed by atoms with Gasteiger partial charge in [-0.05, 0) is 38.0 Å². The number of aryl methyl sites for hydroxylation is 1. The van der Waals surface area contributed by atoms with Crippen LogP contribution in [-0.2, 0) is 6.42 Å². The SMILES string of the molecule is C=C(C)C.CCc1ccc(C#N)cc1. The number of hydrogen-bond acceptors (Lipinski definition) is 1. The van der Waals surface area contributed by atoms with Crippen LogP contribution in [0.4, 0.5) is 0 Å². The third-order valence-corrected chi connectivity index (χ3v) is 1.49. The molecule has 1 nitrogen and oxygen atoms in total. The van der Waals surface area contributed by atoms with Gasteiger partial charge in [0.05, 0.1) is 11.6 Å². The van der Waals surface area contributed by atoms with Crippen molar-refractivity contribution < 1.29 is 0 Å². The predicted octanol–water partition coefficient (Wildman–Crippen LogP) is 3.70. The molecular weight excluding hydrogens is 170 g/mol. The first-order valence-corrected chi connectivity index (χ1v) is 4.71. The maximum absolute atomic E-state index is 8.45. The van der Waals surface area contributed by atoms with E-state index in [-0.39, 0.29) is 0 Å². The minimum Gasteiger partial charge on any atom is -0.192 e. The van der Waals surface area contributed by atoms with Crippen LogP contribution < -0.4 is 0 Å². The smallest absolute Gasteiger partial charge is 0.0991 e. The van der Waals surface area contributed by atoms with Crippen LogP contribution in [0.3, 0.4) is 0 Å². The molecule has 0 N–H and O–H groups in total. The van der Waals surface area contributed by atoms with Crippen LogP contribution in [0.2, 0.25) is 0 Å². The molecule has 0 atom stereocenters. The number of nitrogens with zero attached hydrogens (tertiary/aromatic N) is 1. The molecule has 0 radical (unpaired) electrons. The van der Waals surface area contributed by atoms with Crippen molar-refractivity contribution in [3.8, 4) is 6.07 Å². The van der Waals surface area contributed by atoms with Gasteiger partial charge in [-0.25, -0.2) is 0 Å². The average Bonchev–Trinajstić information content (AvgIpc) is 2.17. The Bertz CT molecular complexity index is 310. The highest BCUT2D eigenvalue weighted by Crippen LogP contribution is 2.02. The summed E-state index contributed by atoms with van der Waals surface area (Å²) in [5, 5.41) is 8.45. The number of benzene rings is 1. The molecule has 74 valence electrons. The Balaban J connectivity index is 0.000000364. The quantitative estimate of drug-likeness (QED) is 0.615. The Labute approximate surface area is 86.7 Å². The third-order valence-electron chi connectivity index (χ3n) is 1.49. The van der Waals surface area contributed by atoms with Crippen LogP contribution in [0, 0.1) is 11.3 Å². The normalized spacial score (nSPS) is 8.14. The van der Waals surface area contributed by atoms with Crippen molar-refractivity contribution >= 4 is 0 Å². The highest BCUT2D eigenvalue weighted by molar-refractivity contribution is 5.31. The van der Waals surface area contributed by atoms with Gasteiger partial charge in [0.25, 0.3) is 0 Å². The lowest BCUT2D eigenvalue weighted by Gasteiger charge is -1.92. The molecule has 0 saturated heterocycles. The molecule has 0 saturated carbocycles.